The monoisotopic (exact) mass is 1150 g/mol. The summed E-state index contributed by atoms with van der Waals surface area (Å²) in [6.07, 6.45) is 6.02. The molecule has 327 valence electrons. The topological polar surface area (TPSA) is 313 Å². The molecule has 1 radical (unpaired) electrons. The molecule has 0 unspecified atom stereocenters. The molecule has 0 bridgehead atoms. The molecule has 0 aliphatic rings. The molecule has 19 nitrogen and oxygen atoms in total. The Morgan fingerprint density at radius 1 is 0.562 bits per heavy atom. The third kappa shape index (κ3) is 30.0. The van der Waals surface area contributed by atoms with Crippen molar-refractivity contribution in [3.05, 3.63) is 121 Å². The Morgan fingerprint density at radius 2 is 0.719 bits per heavy atom. The van der Waals surface area contributed by atoms with Gasteiger partial charge in [0.25, 0.3) is 0 Å². The molecule has 0 saturated heterocycles. The van der Waals surface area contributed by atoms with Crippen LogP contribution >= 0.6 is 24.4 Å². The Balaban J connectivity index is -0.000000275. The third-order valence-electron chi connectivity index (χ3n) is 6.55. The van der Waals surface area contributed by atoms with Crippen LogP contribution in [-0.2, 0) is 39.0 Å². The fourth-order valence-electron chi connectivity index (χ4n) is 4.06. The van der Waals surface area contributed by atoms with Crippen molar-refractivity contribution < 1.29 is 124 Å². The summed E-state index contributed by atoms with van der Waals surface area (Å²) in [6.45, 7) is 3.06. The number of para-hydroxylation sites is 4. The van der Waals surface area contributed by atoms with Gasteiger partial charge in [0.1, 0.15) is 23.0 Å². The number of benzene rings is 4. The first kappa shape index (κ1) is 67.9. The number of aliphatic imine (C=N–C) groups is 4. The molecule has 0 saturated carbocycles. The van der Waals surface area contributed by atoms with Gasteiger partial charge in [-0.25, -0.2) is 0 Å². The second-order valence-electron chi connectivity index (χ2n) is 10.3. The van der Waals surface area contributed by atoms with Gasteiger partial charge in [-0.05, 0) is 46.5 Å². The molecular formula is C40H39N8O11S2SmZn2. The molecule has 0 heterocycles. The molecule has 4 aromatic carbocycles. The van der Waals surface area contributed by atoms with Crippen molar-refractivity contribution in [2.24, 2.45) is 20.0 Å². The van der Waals surface area contributed by atoms with E-state index >= 15 is 0 Å². The summed E-state index contributed by atoms with van der Waals surface area (Å²) < 4.78 is 19.9. The molecule has 0 amide bonds. The van der Waals surface area contributed by atoms with Crippen molar-refractivity contribution in [3.63, 3.8) is 0 Å². The van der Waals surface area contributed by atoms with Crippen molar-refractivity contribution in [2.45, 2.75) is 6.92 Å². The van der Waals surface area contributed by atoms with Crippen LogP contribution in [0.25, 0.3) is 10.8 Å². The number of isothiocyanates is 2. The summed E-state index contributed by atoms with van der Waals surface area (Å²) in [5.41, 5.74) is 1.86. The third-order valence-corrected chi connectivity index (χ3v) is 6.55. The summed E-state index contributed by atoms with van der Waals surface area (Å²) in [5.74, 6) is 0.380. The average molecular weight is 1150 g/mol. The first-order valence-electron chi connectivity index (χ1n) is 16.8. The maximum Gasteiger partial charge on any atom is 3.00 e. The minimum atomic E-state index is -1.75. The quantitative estimate of drug-likeness (QED) is 0.0423. The zero-order valence-electron chi connectivity index (χ0n) is 35.3. The molecule has 0 atom stereocenters. The van der Waals surface area contributed by atoms with Crippen LogP contribution < -0.4 is 39.4 Å². The molecule has 64 heavy (non-hydrogen) atoms. The summed E-state index contributed by atoms with van der Waals surface area (Å²) in [7, 11) is 5.81. The van der Waals surface area contributed by atoms with Crippen molar-refractivity contribution in [1.82, 2.24) is 0 Å². The zero-order valence-corrected chi connectivity index (χ0v) is 45.5. The van der Waals surface area contributed by atoms with Gasteiger partial charge in [-0.3, -0.25) is 20.0 Å². The number of hydrogen-bond acceptors (Lipinski definition) is 18. The van der Waals surface area contributed by atoms with E-state index in [-0.39, 0.29) is 125 Å². The van der Waals surface area contributed by atoms with Crippen LogP contribution in [-0.4, -0.2) is 94.9 Å². The van der Waals surface area contributed by atoms with E-state index in [4.69, 9.17) is 50.3 Å². The SMILES string of the molecule is CC#N.COc1cccc(C=NCCN=Cc2cccc(OC)c2[O-])c1[O-].COc1cccc(C=NCCN=Cc2cccc(OC)c2[O-])c1[O-].O=[N+]([O-])[O-].[N-]=C=S.[N-]=C=S.[Sm+3].[Zn+2].[Zn+2]. The zero-order chi connectivity index (χ0) is 46.4. The van der Waals surface area contributed by atoms with E-state index in [1.54, 1.807) is 78.9 Å². The molecular weight excluding hydrogens is 1110 g/mol. The number of methoxy groups -OCH3 is 4. The van der Waals surface area contributed by atoms with Crippen LogP contribution in [0.15, 0.2) is 92.8 Å². The number of rotatable bonds is 14. The minimum Gasteiger partial charge on any atom is -0.870 e. The average Bonchev–Trinajstić information content (AvgIpc) is 3.23. The first-order valence-corrected chi connectivity index (χ1v) is 17.6. The van der Waals surface area contributed by atoms with E-state index in [9.17, 15) is 20.4 Å². The van der Waals surface area contributed by atoms with Crippen molar-refractivity contribution in [3.8, 4) is 52.1 Å². The molecule has 0 N–H and O–H groups in total. The number of thiocarbonyl (C=S) groups is 2. The van der Waals surface area contributed by atoms with Crippen LogP contribution in [0.5, 0.6) is 46.0 Å². The summed E-state index contributed by atoms with van der Waals surface area (Å²) in [4.78, 5) is 24.9. The fraction of sp³-hybridized carbons (Fsp3) is 0.225. The van der Waals surface area contributed by atoms with Gasteiger partial charge in [0.2, 0.25) is 0 Å². The van der Waals surface area contributed by atoms with Crippen LogP contribution in [0.2, 0.25) is 0 Å². The second kappa shape index (κ2) is 44.4. The standard InChI is InChI=1S/2C18H20N2O4.C2H3N.2CNS.NO3.Sm.2Zn/c2*1-23-15-7-3-5-13(17(15)21)11-19-9-10-20-12-14-6-4-8-16(24-2)18(14)22;1-2-3;2*2-1-3;2-1(3)4;;;/h2*3-8,11-12,21-22H,9-10H2,1-2H3;1H3;;;;;;/q;;;3*-1;+3;2*+2/p-4. The molecule has 0 aliphatic carbocycles. The van der Waals surface area contributed by atoms with Crippen molar-refractivity contribution >= 4 is 59.6 Å². The van der Waals surface area contributed by atoms with Gasteiger partial charge in [0.05, 0.1) is 65.8 Å². The van der Waals surface area contributed by atoms with Crippen LogP contribution in [0.4, 0.5) is 0 Å². The maximum absolute atomic E-state index is 11.9. The predicted octanol–water partition coefficient (Wildman–Crippen LogP) is 4.38. The van der Waals surface area contributed by atoms with Crippen LogP contribution in [0, 0.1) is 67.0 Å². The largest absolute Gasteiger partial charge is 3.00 e. The Hall–Kier alpha value is -5.17. The molecule has 0 aliphatic heterocycles. The van der Waals surface area contributed by atoms with E-state index in [0.29, 0.717) is 48.4 Å². The van der Waals surface area contributed by atoms with E-state index in [2.05, 4.69) is 44.4 Å². The molecule has 4 aromatic rings. The molecule has 24 heteroatoms. The van der Waals surface area contributed by atoms with Crippen LogP contribution in [0.1, 0.15) is 29.2 Å². The number of ether oxygens (including phenoxy) is 4. The molecule has 0 spiro atoms. The van der Waals surface area contributed by atoms with E-state index in [0.717, 1.165) is 0 Å². The van der Waals surface area contributed by atoms with E-state index in [1.807, 2.05) is 0 Å². The number of nitriles is 1. The van der Waals surface area contributed by atoms with Gasteiger partial charge < -0.3 is 65.5 Å². The Bertz CT molecular complexity index is 1900. The van der Waals surface area contributed by atoms with Gasteiger partial charge in [0.15, 0.2) is 0 Å². The predicted molar refractivity (Wildman–Crippen MR) is 233 cm³/mol. The first-order chi connectivity index (χ1) is 29.3. The molecule has 0 fully saturated rings. The Morgan fingerprint density at radius 3 is 0.859 bits per heavy atom. The van der Waals surface area contributed by atoms with Gasteiger partial charge >= 0.3 is 79.3 Å². The smallest absolute Gasteiger partial charge is 0.870 e. The molecule has 0 aromatic heterocycles. The molecule has 4 rings (SSSR count). The van der Waals surface area contributed by atoms with Gasteiger partial charge in [0, 0.05) is 31.8 Å². The van der Waals surface area contributed by atoms with Crippen molar-refractivity contribution in [1.29, 1.82) is 5.26 Å². The van der Waals surface area contributed by atoms with Gasteiger partial charge in [-0.2, -0.15) is 15.6 Å². The maximum atomic E-state index is 11.9. The Labute approximate surface area is 439 Å². The summed E-state index contributed by atoms with van der Waals surface area (Å²) in [5, 5.41) is 86.6. The van der Waals surface area contributed by atoms with E-state index < -0.39 is 5.09 Å². The van der Waals surface area contributed by atoms with Gasteiger partial charge in [-0.15, -0.1) is 0 Å². The van der Waals surface area contributed by atoms with E-state index in [1.165, 1.54) is 70.5 Å². The normalized spacial score (nSPS) is 9.19. The summed E-state index contributed by atoms with van der Waals surface area (Å²) in [6, 6.07) is 21.8. The number of nitrogens with zero attached hydrogens (tertiary/aromatic N) is 8. The second-order valence-corrected chi connectivity index (χ2v) is 10.7. The Kier molecular flexibility index (Phi) is 47.2. The summed E-state index contributed by atoms with van der Waals surface area (Å²) >= 11 is 7.40. The van der Waals surface area contributed by atoms with Crippen LogP contribution in [0.3, 0.4) is 0 Å². The fourth-order valence-corrected chi connectivity index (χ4v) is 4.06. The minimum absolute atomic E-state index is 0. The number of hydrogen-bond donors (Lipinski definition) is 0. The van der Waals surface area contributed by atoms with Gasteiger partial charge in [-0.1, -0.05) is 96.0 Å². The van der Waals surface area contributed by atoms with Crippen molar-refractivity contribution in [2.75, 3.05) is 54.6 Å².